The molecule has 2 heterocycles. The van der Waals surface area contributed by atoms with E-state index in [-0.39, 0.29) is 18.1 Å². The third-order valence-corrected chi connectivity index (χ3v) is 5.64. The molecule has 1 saturated heterocycles. The number of carbonyl (C=O) groups is 1. The highest BCUT2D eigenvalue weighted by molar-refractivity contribution is 7.11. The zero-order chi connectivity index (χ0) is 15.0. The number of aryl methyl sites for hydroxylation is 2. The van der Waals surface area contributed by atoms with Gasteiger partial charge in [0.05, 0.1) is 29.8 Å². The number of thiazole rings is 1. The third-order valence-electron chi connectivity index (χ3n) is 4.71. The van der Waals surface area contributed by atoms with Crippen LogP contribution in [0.5, 0.6) is 0 Å². The molecule has 0 bridgehead atoms. The number of nitrogens with zero attached hydrogens (tertiary/aromatic N) is 2. The zero-order valence-electron chi connectivity index (χ0n) is 12.6. The molecule has 2 fully saturated rings. The molecule has 1 atom stereocenters. The van der Waals surface area contributed by atoms with Crippen LogP contribution in [0.4, 0.5) is 0 Å². The van der Waals surface area contributed by atoms with Gasteiger partial charge in [-0.05, 0) is 33.1 Å². The van der Waals surface area contributed by atoms with Crippen LogP contribution in [0.25, 0.3) is 0 Å². The molecule has 0 amide bonds. The van der Waals surface area contributed by atoms with E-state index in [1.165, 1.54) is 11.3 Å². The van der Waals surface area contributed by atoms with Crippen molar-refractivity contribution in [3.8, 4) is 0 Å². The molecule has 116 valence electrons. The van der Waals surface area contributed by atoms with E-state index in [0.717, 1.165) is 30.1 Å². The third kappa shape index (κ3) is 2.98. The maximum atomic E-state index is 10.9. The minimum absolute atomic E-state index is 0.0850. The molecule has 1 unspecified atom stereocenters. The molecule has 21 heavy (non-hydrogen) atoms. The summed E-state index contributed by atoms with van der Waals surface area (Å²) in [5.41, 5.74) is 1.26. The Hall–Kier alpha value is -0.980. The van der Waals surface area contributed by atoms with Gasteiger partial charge in [0.1, 0.15) is 0 Å². The summed E-state index contributed by atoms with van der Waals surface area (Å²) in [7, 11) is 0. The predicted octanol–water partition coefficient (Wildman–Crippen LogP) is 2.36. The number of rotatable bonds is 4. The van der Waals surface area contributed by atoms with Crippen LogP contribution >= 0.6 is 11.3 Å². The molecule has 0 aromatic carbocycles. The van der Waals surface area contributed by atoms with Crippen LogP contribution in [0.2, 0.25) is 0 Å². The van der Waals surface area contributed by atoms with Crippen molar-refractivity contribution >= 4 is 17.3 Å². The van der Waals surface area contributed by atoms with Crippen molar-refractivity contribution < 1.29 is 14.6 Å². The normalized spacial score (nSPS) is 25.0. The van der Waals surface area contributed by atoms with Crippen LogP contribution in [0.15, 0.2) is 0 Å². The molecule has 1 spiro atoms. The van der Waals surface area contributed by atoms with Gasteiger partial charge in [-0.25, -0.2) is 4.98 Å². The van der Waals surface area contributed by atoms with Crippen LogP contribution in [-0.4, -0.2) is 45.8 Å². The molecular formula is C15H22N2O3S. The number of hydrogen-bond acceptors (Lipinski definition) is 5. The zero-order valence-corrected chi connectivity index (χ0v) is 13.4. The van der Waals surface area contributed by atoms with Gasteiger partial charge in [0, 0.05) is 23.5 Å². The van der Waals surface area contributed by atoms with E-state index < -0.39 is 5.97 Å². The average Bonchev–Trinajstić information content (AvgIpc) is 2.65. The van der Waals surface area contributed by atoms with Crippen molar-refractivity contribution in [2.75, 3.05) is 13.2 Å². The molecule has 3 rings (SSSR count). The number of ether oxygens (including phenoxy) is 1. The van der Waals surface area contributed by atoms with E-state index in [9.17, 15) is 4.79 Å². The molecule has 2 aliphatic rings. The fourth-order valence-corrected chi connectivity index (χ4v) is 4.18. The van der Waals surface area contributed by atoms with Gasteiger partial charge < -0.3 is 9.84 Å². The second kappa shape index (κ2) is 5.66. The number of aromatic nitrogens is 1. The summed E-state index contributed by atoms with van der Waals surface area (Å²) in [5, 5.41) is 10.1. The molecule has 1 N–H and O–H groups in total. The van der Waals surface area contributed by atoms with Gasteiger partial charge in [-0.2, -0.15) is 0 Å². The lowest BCUT2D eigenvalue weighted by molar-refractivity contribution is -0.161. The summed E-state index contributed by atoms with van der Waals surface area (Å²) in [6.07, 6.45) is 3.41. The summed E-state index contributed by atoms with van der Waals surface area (Å²) in [6.45, 7) is 6.32. The van der Waals surface area contributed by atoms with Gasteiger partial charge >= 0.3 is 5.97 Å². The Morgan fingerprint density at radius 3 is 2.81 bits per heavy atom. The van der Waals surface area contributed by atoms with Crippen molar-refractivity contribution in [3.63, 3.8) is 0 Å². The van der Waals surface area contributed by atoms with Crippen molar-refractivity contribution in [1.82, 2.24) is 9.88 Å². The lowest BCUT2D eigenvalue weighted by Gasteiger charge is -2.54. The molecule has 1 aromatic heterocycles. The number of hydrogen-bond donors (Lipinski definition) is 1. The molecule has 6 heteroatoms. The maximum Gasteiger partial charge on any atom is 0.306 e. The Morgan fingerprint density at radius 1 is 1.52 bits per heavy atom. The first-order valence-corrected chi connectivity index (χ1v) is 8.31. The summed E-state index contributed by atoms with van der Waals surface area (Å²) < 4.78 is 5.81. The van der Waals surface area contributed by atoms with Crippen LogP contribution in [0.1, 0.15) is 41.3 Å². The predicted molar refractivity (Wildman–Crippen MR) is 80.6 cm³/mol. The van der Waals surface area contributed by atoms with Crippen molar-refractivity contribution in [2.24, 2.45) is 0 Å². The van der Waals surface area contributed by atoms with Crippen molar-refractivity contribution in [2.45, 2.75) is 57.7 Å². The number of carboxylic acid groups (broad SMARTS) is 1. The van der Waals surface area contributed by atoms with Gasteiger partial charge in [-0.3, -0.25) is 9.69 Å². The van der Waals surface area contributed by atoms with E-state index in [4.69, 9.17) is 9.84 Å². The van der Waals surface area contributed by atoms with Gasteiger partial charge in [0.25, 0.3) is 0 Å². The second-order valence-electron chi connectivity index (χ2n) is 6.23. The SMILES string of the molecule is Cc1nc(CN2CC(CC(=O)O)OCC23CCC3)c(C)s1. The lowest BCUT2D eigenvalue weighted by atomic mass is 9.74. The topological polar surface area (TPSA) is 62.7 Å². The van der Waals surface area contributed by atoms with Crippen LogP contribution in [-0.2, 0) is 16.1 Å². The first-order valence-electron chi connectivity index (χ1n) is 7.50. The summed E-state index contributed by atoms with van der Waals surface area (Å²) in [4.78, 5) is 19.3. The van der Waals surface area contributed by atoms with Crippen LogP contribution < -0.4 is 0 Å². The Morgan fingerprint density at radius 2 is 2.29 bits per heavy atom. The van der Waals surface area contributed by atoms with Crippen molar-refractivity contribution in [1.29, 1.82) is 0 Å². The summed E-state index contributed by atoms with van der Waals surface area (Å²) in [6, 6.07) is 0. The Labute approximate surface area is 128 Å². The fraction of sp³-hybridized carbons (Fsp3) is 0.733. The Kier molecular flexibility index (Phi) is 4.03. The number of morpholine rings is 1. The molecule has 0 radical (unpaired) electrons. The van der Waals surface area contributed by atoms with Gasteiger partial charge in [0.15, 0.2) is 0 Å². The van der Waals surface area contributed by atoms with E-state index in [2.05, 4.69) is 16.8 Å². The second-order valence-corrected chi connectivity index (χ2v) is 7.63. The Balaban J connectivity index is 1.74. The molecule has 1 aromatic rings. The first kappa shape index (κ1) is 14.9. The maximum absolute atomic E-state index is 10.9. The smallest absolute Gasteiger partial charge is 0.306 e. The van der Waals surface area contributed by atoms with E-state index in [0.29, 0.717) is 13.2 Å². The summed E-state index contributed by atoms with van der Waals surface area (Å²) in [5.74, 6) is -0.787. The van der Waals surface area contributed by atoms with E-state index in [1.54, 1.807) is 11.3 Å². The standard InChI is InChI=1S/C15H22N2O3S/c1-10-13(16-11(2)21-10)8-17-7-12(6-14(18)19)20-9-15(17)4-3-5-15/h12H,3-9H2,1-2H3,(H,18,19). The molecular weight excluding hydrogens is 288 g/mol. The molecule has 1 aliphatic carbocycles. The average molecular weight is 310 g/mol. The monoisotopic (exact) mass is 310 g/mol. The molecule has 1 aliphatic heterocycles. The van der Waals surface area contributed by atoms with Gasteiger partial charge in [-0.15, -0.1) is 11.3 Å². The molecule has 5 nitrogen and oxygen atoms in total. The number of aliphatic carboxylic acids is 1. The highest BCUT2D eigenvalue weighted by Crippen LogP contribution is 2.42. The Bertz CT molecular complexity index is 539. The highest BCUT2D eigenvalue weighted by Gasteiger charge is 2.47. The summed E-state index contributed by atoms with van der Waals surface area (Å²) >= 11 is 1.73. The quantitative estimate of drug-likeness (QED) is 0.925. The molecule has 1 saturated carbocycles. The minimum Gasteiger partial charge on any atom is -0.481 e. The van der Waals surface area contributed by atoms with Gasteiger partial charge in [0.2, 0.25) is 0 Å². The minimum atomic E-state index is -0.787. The fourth-order valence-electron chi connectivity index (χ4n) is 3.35. The first-order chi connectivity index (χ1) is 9.98. The van der Waals surface area contributed by atoms with Crippen LogP contribution in [0.3, 0.4) is 0 Å². The highest BCUT2D eigenvalue weighted by atomic mass is 32.1. The lowest BCUT2D eigenvalue weighted by Crippen LogP contribution is -2.62. The largest absolute Gasteiger partial charge is 0.481 e. The van der Waals surface area contributed by atoms with E-state index in [1.807, 2.05) is 6.92 Å². The van der Waals surface area contributed by atoms with Crippen LogP contribution in [0, 0.1) is 13.8 Å². The van der Waals surface area contributed by atoms with E-state index >= 15 is 0 Å². The van der Waals surface area contributed by atoms with Crippen molar-refractivity contribution in [3.05, 3.63) is 15.6 Å². The van der Waals surface area contributed by atoms with Gasteiger partial charge in [-0.1, -0.05) is 0 Å². The number of carboxylic acids is 1.